The highest BCUT2D eigenvalue weighted by Gasteiger charge is 2.70. The molecule has 136 valence electrons. The van der Waals surface area contributed by atoms with Gasteiger partial charge in [-0.3, -0.25) is 0 Å². The van der Waals surface area contributed by atoms with Crippen LogP contribution in [-0.2, 0) is 0 Å². The standard InChI is InChI=1S/C20H32O4/c1-11-12-4-5-13-18(2)7-6-15(22)19(3,10-21)14(18)8-16(23)20(13,9-12)17(11)24/h12-17,21-24H,1,4-10H2,2-3H3/t12-,13+,14+,15-,16+,17+,18+,19-,20-/m1/s1. The van der Waals surface area contributed by atoms with Gasteiger partial charge in [-0.05, 0) is 67.3 Å². The van der Waals surface area contributed by atoms with E-state index in [1.807, 2.05) is 6.92 Å². The van der Waals surface area contributed by atoms with Crippen LogP contribution in [0.4, 0.5) is 0 Å². The van der Waals surface area contributed by atoms with Crippen LogP contribution >= 0.6 is 0 Å². The van der Waals surface area contributed by atoms with Crippen molar-refractivity contribution in [3.05, 3.63) is 12.2 Å². The molecule has 4 aliphatic rings. The molecule has 4 fully saturated rings. The van der Waals surface area contributed by atoms with E-state index in [1.54, 1.807) is 0 Å². The van der Waals surface area contributed by atoms with Gasteiger partial charge in [-0.15, -0.1) is 0 Å². The smallest absolute Gasteiger partial charge is 0.0834 e. The van der Waals surface area contributed by atoms with E-state index in [1.165, 1.54) is 0 Å². The average Bonchev–Trinajstić information content (AvgIpc) is 2.76. The maximum Gasteiger partial charge on any atom is 0.0834 e. The second-order valence-corrected chi connectivity index (χ2v) is 9.65. The van der Waals surface area contributed by atoms with Crippen molar-refractivity contribution in [2.45, 2.75) is 70.7 Å². The Balaban J connectivity index is 1.82. The number of hydrogen-bond donors (Lipinski definition) is 4. The molecule has 4 heteroatoms. The molecule has 9 atom stereocenters. The lowest BCUT2D eigenvalue weighted by Crippen LogP contribution is -2.66. The summed E-state index contributed by atoms with van der Waals surface area (Å²) in [6, 6.07) is 0. The van der Waals surface area contributed by atoms with Gasteiger partial charge in [0.25, 0.3) is 0 Å². The van der Waals surface area contributed by atoms with Crippen LogP contribution in [0.5, 0.6) is 0 Å². The molecule has 4 aliphatic carbocycles. The largest absolute Gasteiger partial charge is 0.396 e. The first-order valence-electron chi connectivity index (χ1n) is 9.55. The molecule has 1 spiro atoms. The molecule has 4 saturated carbocycles. The molecule has 0 amide bonds. The highest BCUT2D eigenvalue weighted by Crippen LogP contribution is 2.71. The Morgan fingerprint density at radius 2 is 1.75 bits per heavy atom. The van der Waals surface area contributed by atoms with Gasteiger partial charge in [0.2, 0.25) is 0 Å². The Morgan fingerprint density at radius 3 is 2.42 bits per heavy atom. The van der Waals surface area contributed by atoms with E-state index in [0.29, 0.717) is 18.8 Å². The molecule has 24 heavy (non-hydrogen) atoms. The number of hydrogen-bond acceptors (Lipinski definition) is 4. The normalized spacial score (nSPS) is 59.8. The third kappa shape index (κ3) is 1.74. The molecular weight excluding hydrogens is 304 g/mol. The lowest BCUT2D eigenvalue weighted by molar-refractivity contribution is -0.245. The van der Waals surface area contributed by atoms with Crippen LogP contribution in [0.15, 0.2) is 12.2 Å². The number of fused-ring (bicyclic) bond motifs is 3. The minimum atomic E-state index is -0.616. The van der Waals surface area contributed by atoms with Gasteiger partial charge in [-0.2, -0.15) is 0 Å². The van der Waals surface area contributed by atoms with E-state index in [9.17, 15) is 20.4 Å². The lowest BCUT2D eigenvalue weighted by Gasteiger charge is -2.66. The first-order chi connectivity index (χ1) is 11.2. The van der Waals surface area contributed by atoms with Crippen molar-refractivity contribution in [3.63, 3.8) is 0 Å². The maximum absolute atomic E-state index is 11.2. The summed E-state index contributed by atoms with van der Waals surface area (Å²) in [4.78, 5) is 0. The SMILES string of the molecule is C=C1[C@@H]2CC[C@H]3[C@]4(C)CC[C@@H](O)[C@](C)(CO)[C@H]4C[C@H](O)[C@]3(C2)[C@H]1O. The Labute approximate surface area is 144 Å². The lowest BCUT2D eigenvalue weighted by atomic mass is 9.39. The summed E-state index contributed by atoms with van der Waals surface area (Å²) in [5, 5.41) is 42.8. The Morgan fingerprint density at radius 1 is 1.04 bits per heavy atom. The minimum Gasteiger partial charge on any atom is -0.396 e. The first kappa shape index (κ1) is 17.0. The fourth-order valence-corrected chi connectivity index (χ4v) is 7.54. The molecule has 0 radical (unpaired) electrons. The predicted molar refractivity (Wildman–Crippen MR) is 91.1 cm³/mol. The molecule has 0 aromatic heterocycles. The van der Waals surface area contributed by atoms with Gasteiger partial charge in [0.1, 0.15) is 0 Å². The highest BCUT2D eigenvalue weighted by molar-refractivity contribution is 5.29. The predicted octanol–water partition coefficient (Wildman–Crippen LogP) is 1.86. The van der Waals surface area contributed by atoms with E-state index in [2.05, 4.69) is 13.5 Å². The van der Waals surface area contributed by atoms with Crippen molar-refractivity contribution < 1.29 is 20.4 Å². The average molecular weight is 336 g/mol. The van der Waals surface area contributed by atoms with Crippen LogP contribution in [0.2, 0.25) is 0 Å². The second-order valence-electron chi connectivity index (χ2n) is 9.65. The van der Waals surface area contributed by atoms with Gasteiger partial charge < -0.3 is 20.4 Å². The topological polar surface area (TPSA) is 80.9 Å². The minimum absolute atomic E-state index is 0.0568. The van der Waals surface area contributed by atoms with E-state index < -0.39 is 29.1 Å². The second kappa shape index (κ2) is 5.06. The zero-order valence-corrected chi connectivity index (χ0v) is 14.9. The summed E-state index contributed by atoms with van der Waals surface area (Å²) >= 11 is 0. The molecule has 0 aliphatic heterocycles. The van der Waals surface area contributed by atoms with Crippen LogP contribution < -0.4 is 0 Å². The van der Waals surface area contributed by atoms with Crippen LogP contribution in [0, 0.1) is 34.0 Å². The molecule has 4 N–H and O–H groups in total. The molecule has 0 heterocycles. The van der Waals surface area contributed by atoms with Crippen LogP contribution in [-0.4, -0.2) is 45.3 Å². The Bertz CT molecular complexity index is 562. The monoisotopic (exact) mass is 336 g/mol. The quantitative estimate of drug-likeness (QED) is 0.551. The van der Waals surface area contributed by atoms with Gasteiger partial charge in [-0.1, -0.05) is 20.4 Å². The molecule has 4 rings (SSSR count). The summed E-state index contributed by atoms with van der Waals surface area (Å²) in [6.07, 6.45) is 3.30. The zero-order chi connectivity index (χ0) is 17.5. The van der Waals surface area contributed by atoms with E-state index in [4.69, 9.17) is 0 Å². The summed E-state index contributed by atoms with van der Waals surface area (Å²) in [6.45, 7) is 8.34. The van der Waals surface area contributed by atoms with Crippen LogP contribution in [0.1, 0.15) is 52.4 Å². The van der Waals surface area contributed by atoms with Gasteiger partial charge in [0.05, 0.1) is 24.9 Å². The number of rotatable bonds is 1. The molecule has 2 bridgehead atoms. The van der Waals surface area contributed by atoms with Gasteiger partial charge in [0, 0.05) is 10.8 Å². The summed E-state index contributed by atoms with van der Waals surface area (Å²) < 4.78 is 0. The van der Waals surface area contributed by atoms with Crippen molar-refractivity contribution in [1.82, 2.24) is 0 Å². The van der Waals surface area contributed by atoms with E-state index in [0.717, 1.165) is 31.3 Å². The van der Waals surface area contributed by atoms with Gasteiger partial charge in [0.15, 0.2) is 0 Å². The maximum atomic E-state index is 11.2. The Hall–Kier alpha value is -0.420. The number of aliphatic hydroxyl groups is 4. The van der Waals surface area contributed by atoms with Crippen molar-refractivity contribution in [3.8, 4) is 0 Å². The van der Waals surface area contributed by atoms with Gasteiger partial charge in [-0.25, -0.2) is 0 Å². The van der Waals surface area contributed by atoms with E-state index in [-0.39, 0.29) is 23.9 Å². The fourth-order valence-electron chi connectivity index (χ4n) is 7.54. The van der Waals surface area contributed by atoms with Crippen molar-refractivity contribution in [1.29, 1.82) is 0 Å². The molecule has 0 aromatic carbocycles. The molecule has 0 saturated heterocycles. The number of aliphatic hydroxyl groups excluding tert-OH is 4. The van der Waals surface area contributed by atoms with E-state index >= 15 is 0 Å². The Kier molecular flexibility index (Phi) is 3.59. The fraction of sp³-hybridized carbons (Fsp3) is 0.900. The molecule has 0 aromatic rings. The summed E-state index contributed by atoms with van der Waals surface area (Å²) in [7, 11) is 0. The summed E-state index contributed by atoms with van der Waals surface area (Å²) in [5.41, 5.74) is -0.192. The molecule has 0 unspecified atom stereocenters. The van der Waals surface area contributed by atoms with Crippen LogP contribution in [0.25, 0.3) is 0 Å². The van der Waals surface area contributed by atoms with Crippen molar-refractivity contribution in [2.75, 3.05) is 6.61 Å². The van der Waals surface area contributed by atoms with Crippen molar-refractivity contribution in [2.24, 2.45) is 34.0 Å². The first-order valence-corrected chi connectivity index (χ1v) is 9.55. The highest BCUT2D eigenvalue weighted by atomic mass is 16.3. The molecular formula is C20H32O4. The summed E-state index contributed by atoms with van der Waals surface area (Å²) in [5.74, 6) is 0.633. The third-order valence-electron chi connectivity index (χ3n) is 8.96. The molecule has 4 nitrogen and oxygen atoms in total. The zero-order valence-electron chi connectivity index (χ0n) is 14.9. The van der Waals surface area contributed by atoms with Crippen LogP contribution in [0.3, 0.4) is 0 Å². The third-order valence-corrected chi connectivity index (χ3v) is 8.96. The van der Waals surface area contributed by atoms with Gasteiger partial charge >= 0.3 is 0 Å². The van der Waals surface area contributed by atoms with Crippen molar-refractivity contribution >= 4 is 0 Å².